The molecule has 2 aromatic rings. The second kappa shape index (κ2) is 5.72. The lowest BCUT2D eigenvalue weighted by Gasteiger charge is -2.51. The molecule has 0 amide bonds. The van der Waals surface area contributed by atoms with Gasteiger partial charge in [-0.2, -0.15) is 0 Å². The Morgan fingerprint density at radius 3 is 2.62 bits per heavy atom. The van der Waals surface area contributed by atoms with Gasteiger partial charge in [0.15, 0.2) is 10.8 Å². The fourth-order valence-electron chi connectivity index (χ4n) is 3.43. The molecule has 6 heteroatoms. The number of hydrogen-bond acceptors (Lipinski definition) is 3. The molecule has 122 valence electrons. The molecule has 1 fully saturated rings. The number of nitrogens with one attached hydrogen (secondary N) is 3. The number of anilines is 1. The number of fused-ring (bicyclic) bond motifs is 4. The first-order chi connectivity index (χ1) is 11.6. The maximum atomic E-state index is 6.27. The van der Waals surface area contributed by atoms with E-state index in [-0.39, 0.29) is 12.0 Å². The van der Waals surface area contributed by atoms with Crippen LogP contribution in [-0.2, 0) is 0 Å². The summed E-state index contributed by atoms with van der Waals surface area (Å²) in [6.07, 6.45) is 0. The first kappa shape index (κ1) is 15.4. The van der Waals surface area contributed by atoms with Gasteiger partial charge in [0, 0.05) is 11.3 Å². The Morgan fingerprint density at radius 1 is 1.12 bits per heavy atom. The standard InChI is InChI=1S/C18H17N3OS2/c1-18-14(16(23)19-11-7-3-2-4-8-11)15(20-17(24)21-18)12-9-5-6-10-13(12)22-18/h2-10,14-15H,1H3,(H,19,23)(H2,20,21,24)/t14-,15-,18-/m0/s1. The van der Waals surface area contributed by atoms with Crippen molar-refractivity contribution in [2.75, 3.05) is 5.32 Å². The average molecular weight is 355 g/mol. The van der Waals surface area contributed by atoms with Crippen molar-refractivity contribution < 1.29 is 4.74 Å². The molecule has 2 aromatic carbocycles. The zero-order chi connectivity index (χ0) is 16.7. The SMILES string of the molecule is C[C@]12NC(=S)N[C@@H](c3ccccc3O1)[C@H]2C(=S)Nc1ccccc1. The molecule has 4 rings (SSSR count). The number of thiocarbonyl (C=S) groups is 2. The van der Waals surface area contributed by atoms with Crippen LogP contribution in [0.5, 0.6) is 5.75 Å². The van der Waals surface area contributed by atoms with E-state index in [9.17, 15) is 0 Å². The van der Waals surface area contributed by atoms with Crippen LogP contribution in [0.1, 0.15) is 18.5 Å². The van der Waals surface area contributed by atoms with Crippen LogP contribution in [0.25, 0.3) is 0 Å². The lowest BCUT2D eigenvalue weighted by atomic mass is 9.80. The first-order valence-electron chi connectivity index (χ1n) is 7.79. The molecule has 2 aliphatic heterocycles. The maximum absolute atomic E-state index is 6.27. The van der Waals surface area contributed by atoms with Crippen molar-refractivity contribution in [2.24, 2.45) is 5.92 Å². The summed E-state index contributed by atoms with van der Waals surface area (Å²) in [5.74, 6) is 0.751. The monoisotopic (exact) mass is 355 g/mol. The van der Waals surface area contributed by atoms with E-state index in [1.165, 1.54) is 0 Å². The Balaban J connectivity index is 1.72. The van der Waals surface area contributed by atoms with Crippen molar-refractivity contribution >= 4 is 40.2 Å². The number of para-hydroxylation sites is 2. The zero-order valence-electron chi connectivity index (χ0n) is 13.1. The molecular formula is C18H17N3OS2. The van der Waals surface area contributed by atoms with Crippen molar-refractivity contribution in [2.45, 2.75) is 18.7 Å². The third kappa shape index (κ3) is 2.52. The molecule has 0 unspecified atom stereocenters. The number of hydrogen-bond donors (Lipinski definition) is 3. The lowest BCUT2D eigenvalue weighted by molar-refractivity contribution is -0.00402. The molecule has 0 saturated carbocycles. The van der Waals surface area contributed by atoms with E-state index in [0.717, 1.165) is 17.0 Å². The van der Waals surface area contributed by atoms with Crippen molar-refractivity contribution in [3.8, 4) is 5.75 Å². The van der Waals surface area contributed by atoms with E-state index in [1.54, 1.807) is 0 Å². The molecule has 2 aliphatic rings. The van der Waals surface area contributed by atoms with Gasteiger partial charge in [0.25, 0.3) is 0 Å². The fourth-order valence-corrected chi connectivity index (χ4v) is 4.24. The van der Waals surface area contributed by atoms with Crippen molar-refractivity contribution in [3.63, 3.8) is 0 Å². The first-order valence-corrected chi connectivity index (χ1v) is 8.61. The average Bonchev–Trinajstić information content (AvgIpc) is 2.54. The molecule has 1 saturated heterocycles. The van der Waals surface area contributed by atoms with E-state index in [0.29, 0.717) is 10.1 Å². The Hall–Kier alpha value is -2.18. The molecule has 0 aliphatic carbocycles. The predicted octanol–water partition coefficient (Wildman–Crippen LogP) is 3.37. The number of rotatable bonds is 2. The molecule has 2 bridgehead atoms. The highest BCUT2D eigenvalue weighted by molar-refractivity contribution is 7.80. The minimum absolute atomic E-state index is 0.0302. The minimum atomic E-state index is -0.694. The van der Waals surface area contributed by atoms with Crippen LogP contribution in [0, 0.1) is 5.92 Å². The fraction of sp³-hybridized carbons (Fsp3) is 0.222. The van der Waals surface area contributed by atoms with Gasteiger partial charge in [0.1, 0.15) is 5.75 Å². The summed E-state index contributed by atoms with van der Waals surface area (Å²) in [6, 6.07) is 17.9. The van der Waals surface area contributed by atoms with Crippen LogP contribution in [0.15, 0.2) is 54.6 Å². The molecule has 3 N–H and O–H groups in total. The topological polar surface area (TPSA) is 45.3 Å². The van der Waals surface area contributed by atoms with E-state index in [4.69, 9.17) is 29.2 Å². The molecule has 4 nitrogen and oxygen atoms in total. The van der Waals surface area contributed by atoms with Crippen molar-refractivity contribution in [1.29, 1.82) is 0 Å². The van der Waals surface area contributed by atoms with Gasteiger partial charge >= 0.3 is 0 Å². The summed E-state index contributed by atoms with van der Waals surface area (Å²) in [5, 5.41) is 10.5. The largest absolute Gasteiger partial charge is 0.467 e. The molecular weight excluding hydrogens is 338 g/mol. The van der Waals surface area contributed by atoms with Crippen LogP contribution in [-0.4, -0.2) is 15.8 Å². The third-order valence-corrected chi connectivity index (χ3v) is 5.05. The van der Waals surface area contributed by atoms with Crippen molar-refractivity contribution in [1.82, 2.24) is 10.6 Å². The maximum Gasteiger partial charge on any atom is 0.191 e. The third-order valence-electron chi connectivity index (χ3n) is 4.47. The van der Waals surface area contributed by atoms with Crippen LogP contribution in [0.4, 0.5) is 5.69 Å². The van der Waals surface area contributed by atoms with Gasteiger partial charge in [-0.15, -0.1) is 0 Å². The van der Waals surface area contributed by atoms with Gasteiger partial charge in [-0.3, -0.25) is 0 Å². The molecule has 0 spiro atoms. The summed E-state index contributed by atoms with van der Waals surface area (Å²) in [4.78, 5) is 0.714. The second-order valence-corrected chi connectivity index (χ2v) is 7.00. The highest BCUT2D eigenvalue weighted by atomic mass is 32.1. The predicted molar refractivity (Wildman–Crippen MR) is 103 cm³/mol. The Morgan fingerprint density at radius 2 is 1.83 bits per heavy atom. The number of benzene rings is 2. The highest BCUT2D eigenvalue weighted by Crippen LogP contribution is 2.45. The molecule has 24 heavy (non-hydrogen) atoms. The normalized spacial score (nSPS) is 27.1. The van der Waals surface area contributed by atoms with Gasteiger partial charge in [-0.1, -0.05) is 48.6 Å². The summed E-state index contributed by atoms with van der Waals surface area (Å²) in [7, 11) is 0. The Bertz CT molecular complexity index is 811. The molecule has 2 heterocycles. The molecule has 0 radical (unpaired) electrons. The van der Waals surface area contributed by atoms with Gasteiger partial charge < -0.3 is 20.7 Å². The Labute approximate surface area is 151 Å². The summed E-state index contributed by atoms with van der Waals surface area (Å²) in [6.45, 7) is 1.99. The van der Waals surface area contributed by atoms with Gasteiger partial charge in [-0.25, -0.2) is 0 Å². The zero-order valence-corrected chi connectivity index (χ0v) is 14.7. The van der Waals surface area contributed by atoms with Gasteiger partial charge in [0.2, 0.25) is 0 Å². The van der Waals surface area contributed by atoms with E-state index in [1.807, 2.05) is 55.5 Å². The van der Waals surface area contributed by atoms with Crippen LogP contribution in [0.2, 0.25) is 0 Å². The van der Waals surface area contributed by atoms with E-state index < -0.39 is 5.72 Å². The van der Waals surface area contributed by atoms with Crippen LogP contribution < -0.4 is 20.7 Å². The minimum Gasteiger partial charge on any atom is -0.467 e. The van der Waals surface area contributed by atoms with Crippen LogP contribution >= 0.6 is 24.4 Å². The highest BCUT2D eigenvalue weighted by Gasteiger charge is 2.53. The summed E-state index contributed by atoms with van der Waals surface area (Å²) < 4.78 is 6.27. The second-order valence-electron chi connectivity index (χ2n) is 6.16. The molecule has 3 atom stereocenters. The van der Waals surface area contributed by atoms with E-state index >= 15 is 0 Å². The quantitative estimate of drug-likeness (QED) is 0.718. The smallest absolute Gasteiger partial charge is 0.191 e. The summed E-state index contributed by atoms with van der Waals surface area (Å²) in [5.41, 5.74) is 1.34. The lowest BCUT2D eigenvalue weighted by Crippen LogP contribution is -2.70. The molecule has 0 aromatic heterocycles. The van der Waals surface area contributed by atoms with Gasteiger partial charge in [0.05, 0.1) is 16.9 Å². The Kier molecular flexibility index (Phi) is 3.66. The number of ether oxygens (including phenoxy) is 1. The van der Waals surface area contributed by atoms with Crippen LogP contribution in [0.3, 0.4) is 0 Å². The van der Waals surface area contributed by atoms with Crippen molar-refractivity contribution in [3.05, 3.63) is 60.2 Å². The summed E-state index contributed by atoms with van der Waals surface area (Å²) >= 11 is 11.1. The van der Waals surface area contributed by atoms with E-state index in [2.05, 4.69) is 22.0 Å². The van der Waals surface area contributed by atoms with Gasteiger partial charge in [-0.05, 0) is 37.3 Å².